The Balaban J connectivity index is 1.35. The predicted octanol–water partition coefficient (Wildman–Crippen LogP) is 7.78. The number of aromatic nitrogens is 1. The molecule has 1 aliphatic heterocycles. The zero-order valence-electron chi connectivity index (χ0n) is 25.2. The van der Waals surface area contributed by atoms with Gasteiger partial charge in [-0.1, -0.05) is 42.5 Å². The fraction of sp³-hybridized carbons (Fsp3) is 0.324. The molecule has 1 N–H and O–H groups in total. The average Bonchev–Trinajstić information content (AvgIpc) is 3.44. The van der Waals surface area contributed by atoms with E-state index in [1.807, 2.05) is 113 Å². The Morgan fingerprint density at radius 1 is 0.884 bits per heavy atom. The van der Waals surface area contributed by atoms with E-state index in [0.717, 1.165) is 57.9 Å². The number of ether oxygens (including phenoxy) is 2. The molecule has 0 unspecified atom stereocenters. The Bertz CT molecular complexity index is 1550. The maximum absolute atomic E-state index is 13.6. The number of benzene rings is 3. The maximum Gasteiger partial charge on any atom is 0.322 e. The third kappa shape index (κ3) is 7.84. The summed E-state index contributed by atoms with van der Waals surface area (Å²) in [4.78, 5) is 35.2. The quantitative estimate of drug-likeness (QED) is 0.160. The first-order valence-corrected chi connectivity index (χ1v) is 16.0. The largest absolute Gasteiger partial charge is 0.459 e. The molecular weight excluding hydrogens is 579 g/mol. The van der Waals surface area contributed by atoms with E-state index in [9.17, 15) is 9.59 Å². The number of esters is 1. The first kappa shape index (κ1) is 30.8. The Morgan fingerprint density at radius 3 is 2.16 bits per heavy atom. The number of thiazole rings is 1. The zero-order valence-corrected chi connectivity index (χ0v) is 26.8. The summed E-state index contributed by atoms with van der Waals surface area (Å²) in [5.74, 6) is -0.514. The van der Waals surface area contributed by atoms with Gasteiger partial charge >= 0.3 is 5.97 Å². The summed E-state index contributed by atoms with van der Waals surface area (Å²) >= 11 is 2.94. The molecule has 4 aromatic rings. The number of rotatable bonds is 8. The van der Waals surface area contributed by atoms with Crippen LogP contribution in [0.4, 0.5) is 11.4 Å². The second-order valence-electron chi connectivity index (χ2n) is 11.8. The molecule has 7 nitrogen and oxygen atoms in total. The van der Waals surface area contributed by atoms with Crippen LogP contribution in [0.5, 0.6) is 0 Å². The molecule has 2 heterocycles. The molecule has 1 saturated heterocycles. The van der Waals surface area contributed by atoms with Crippen LogP contribution >= 0.6 is 23.1 Å². The molecule has 0 bridgehead atoms. The summed E-state index contributed by atoms with van der Waals surface area (Å²) < 4.78 is 10.3. The number of hydrogen-bond acceptors (Lipinski definition) is 8. The molecule has 0 atom stereocenters. The van der Waals surface area contributed by atoms with Gasteiger partial charge in [-0.3, -0.25) is 9.59 Å². The molecule has 0 spiro atoms. The Morgan fingerprint density at radius 2 is 1.53 bits per heavy atom. The first-order chi connectivity index (χ1) is 20.5. The summed E-state index contributed by atoms with van der Waals surface area (Å²) in [5, 5.41) is 3.78. The molecule has 0 aliphatic carbocycles. The molecule has 1 fully saturated rings. The van der Waals surface area contributed by atoms with Gasteiger partial charge in [0, 0.05) is 34.9 Å². The number of carbonyl (C=O) groups excluding carboxylic acids is 2. The van der Waals surface area contributed by atoms with Gasteiger partial charge in [-0.05, 0) is 76.6 Å². The zero-order chi connectivity index (χ0) is 30.6. The molecule has 0 radical (unpaired) electrons. The van der Waals surface area contributed by atoms with E-state index in [1.165, 1.54) is 23.1 Å². The van der Waals surface area contributed by atoms with Gasteiger partial charge < -0.3 is 19.7 Å². The van der Waals surface area contributed by atoms with Gasteiger partial charge in [-0.15, -0.1) is 23.1 Å². The van der Waals surface area contributed by atoms with Gasteiger partial charge in [-0.2, -0.15) is 0 Å². The molecule has 224 valence electrons. The monoisotopic (exact) mass is 615 g/mol. The highest BCUT2D eigenvalue weighted by Crippen LogP contribution is 2.39. The summed E-state index contributed by atoms with van der Waals surface area (Å²) in [6.45, 7) is 12.5. The highest BCUT2D eigenvalue weighted by atomic mass is 32.2. The van der Waals surface area contributed by atoms with Gasteiger partial charge in [-0.25, -0.2) is 4.98 Å². The second kappa shape index (κ2) is 12.9. The lowest BCUT2D eigenvalue weighted by atomic mass is 10.1. The number of nitrogens with zero attached hydrogens (tertiary/aromatic N) is 2. The van der Waals surface area contributed by atoms with Gasteiger partial charge in [0.25, 0.3) is 5.91 Å². The van der Waals surface area contributed by atoms with Crippen LogP contribution < -0.4 is 10.2 Å². The summed E-state index contributed by atoms with van der Waals surface area (Å²) in [6.07, 6.45) is 0. The molecule has 9 heteroatoms. The lowest BCUT2D eigenvalue weighted by molar-refractivity contribution is -0.156. The maximum atomic E-state index is 13.6. The lowest BCUT2D eigenvalue weighted by Crippen LogP contribution is -2.36. The van der Waals surface area contributed by atoms with Crippen molar-refractivity contribution in [3.8, 4) is 21.0 Å². The Hall–Kier alpha value is -3.66. The first-order valence-electron chi connectivity index (χ1n) is 14.3. The summed E-state index contributed by atoms with van der Waals surface area (Å²) in [6, 6.07) is 25.7. The molecule has 1 aromatic heterocycles. The van der Waals surface area contributed by atoms with Crippen LogP contribution in [-0.2, 0) is 14.3 Å². The van der Waals surface area contributed by atoms with Gasteiger partial charge in [0.05, 0.1) is 18.1 Å². The van der Waals surface area contributed by atoms with E-state index in [1.54, 1.807) is 0 Å². The number of hydrogen-bond donors (Lipinski definition) is 1. The number of thioether (sulfide) groups is 1. The van der Waals surface area contributed by atoms with E-state index in [-0.39, 0.29) is 11.9 Å². The minimum absolute atomic E-state index is 0.257. The number of morpholine rings is 1. The topological polar surface area (TPSA) is 80.8 Å². The minimum atomic E-state index is -0.748. The normalized spacial score (nSPS) is 13.9. The number of carbonyl (C=O) groups is 2. The van der Waals surface area contributed by atoms with E-state index < -0.39 is 10.3 Å². The van der Waals surface area contributed by atoms with Gasteiger partial charge in [0.1, 0.15) is 21.0 Å². The van der Waals surface area contributed by atoms with Crippen LogP contribution in [0, 0.1) is 0 Å². The standard InChI is InChI=1S/C34H37N3O4S2/c1-33(2,3)41-32(39)34(4,5)43-27-17-11-24(12-18-27)31-36-28(29(42-31)23-9-7-6-8-10-23)30(38)35-25-13-15-26(16-14-25)37-19-21-40-22-20-37/h6-18H,19-22H2,1-5H3,(H,35,38). The van der Waals surface area contributed by atoms with Crippen LogP contribution in [0.15, 0.2) is 83.8 Å². The van der Waals surface area contributed by atoms with Gasteiger partial charge in [0.15, 0.2) is 0 Å². The van der Waals surface area contributed by atoms with Crippen LogP contribution in [0.1, 0.15) is 45.1 Å². The molecule has 1 amide bonds. The van der Waals surface area contributed by atoms with Crippen LogP contribution in [0.25, 0.3) is 21.0 Å². The fourth-order valence-corrected chi connectivity index (χ4v) is 6.61. The second-order valence-corrected chi connectivity index (χ2v) is 14.5. The van der Waals surface area contributed by atoms with Gasteiger partial charge in [0.2, 0.25) is 0 Å². The Labute approximate surface area is 261 Å². The van der Waals surface area contributed by atoms with E-state index in [0.29, 0.717) is 11.4 Å². The Kier molecular flexibility index (Phi) is 9.25. The number of anilines is 2. The van der Waals surface area contributed by atoms with Crippen LogP contribution in [0.2, 0.25) is 0 Å². The van der Waals surface area contributed by atoms with Crippen molar-refractivity contribution in [3.05, 3.63) is 84.6 Å². The SMILES string of the molecule is CC(C)(C)OC(=O)C(C)(C)Sc1ccc(-c2nc(C(=O)Nc3ccc(N4CCOCC4)cc3)c(-c3ccccc3)s2)cc1. The molecule has 43 heavy (non-hydrogen) atoms. The molecular formula is C34H37N3O4S2. The van der Waals surface area contributed by atoms with Crippen molar-refractivity contribution in [2.75, 3.05) is 36.5 Å². The van der Waals surface area contributed by atoms with E-state index in [4.69, 9.17) is 14.5 Å². The van der Waals surface area contributed by atoms with E-state index in [2.05, 4.69) is 10.2 Å². The minimum Gasteiger partial charge on any atom is -0.459 e. The molecule has 5 rings (SSSR count). The van der Waals surface area contributed by atoms with Crippen LogP contribution in [0.3, 0.4) is 0 Å². The van der Waals surface area contributed by atoms with Crippen molar-refractivity contribution in [3.63, 3.8) is 0 Å². The van der Waals surface area contributed by atoms with Crippen molar-refractivity contribution in [2.45, 2.75) is 49.9 Å². The highest BCUT2D eigenvalue weighted by Gasteiger charge is 2.33. The summed E-state index contributed by atoms with van der Waals surface area (Å²) in [5.41, 5.74) is 3.49. The molecule has 3 aromatic carbocycles. The highest BCUT2D eigenvalue weighted by molar-refractivity contribution is 8.01. The van der Waals surface area contributed by atoms with Crippen molar-refractivity contribution < 1.29 is 19.1 Å². The third-order valence-corrected chi connectivity index (χ3v) is 9.08. The van der Waals surface area contributed by atoms with E-state index >= 15 is 0 Å². The van der Waals surface area contributed by atoms with Crippen molar-refractivity contribution in [1.29, 1.82) is 0 Å². The predicted molar refractivity (Wildman–Crippen MR) is 176 cm³/mol. The van der Waals surface area contributed by atoms with Crippen molar-refractivity contribution in [2.24, 2.45) is 0 Å². The third-order valence-electron chi connectivity index (χ3n) is 6.74. The number of nitrogens with one attached hydrogen (secondary N) is 1. The van der Waals surface area contributed by atoms with Crippen molar-refractivity contribution in [1.82, 2.24) is 4.98 Å². The molecule has 1 aliphatic rings. The summed E-state index contributed by atoms with van der Waals surface area (Å²) in [7, 11) is 0. The smallest absolute Gasteiger partial charge is 0.322 e. The lowest BCUT2D eigenvalue weighted by Gasteiger charge is -2.28. The number of amides is 1. The molecule has 0 saturated carbocycles. The van der Waals surface area contributed by atoms with Crippen molar-refractivity contribution >= 4 is 46.3 Å². The van der Waals surface area contributed by atoms with Crippen LogP contribution in [-0.4, -0.2) is 53.5 Å². The average molecular weight is 616 g/mol. The fourth-order valence-electron chi connectivity index (χ4n) is 4.55.